The van der Waals surface area contributed by atoms with E-state index in [1.807, 2.05) is 0 Å². The van der Waals surface area contributed by atoms with Crippen molar-refractivity contribution in [3.63, 3.8) is 0 Å². The SMILES string of the molecule is ClCCc1nc2cc(I)ccc2n1C1CCCC1. The molecule has 1 aliphatic rings. The lowest BCUT2D eigenvalue weighted by Gasteiger charge is -2.16. The molecular formula is C14H16ClIN2. The Morgan fingerprint density at radius 3 is 2.83 bits per heavy atom. The fourth-order valence-electron chi connectivity index (χ4n) is 2.95. The standard InChI is InChI=1S/C14H16ClIN2/c15-8-7-14-17-12-9-10(16)5-6-13(12)18(14)11-3-1-2-4-11/h5-6,9,11H,1-4,7-8H2. The van der Waals surface area contributed by atoms with E-state index in [1.165, 1.54) is 34.8 Å². The van der Waals surface area contributed by atoms with Gasteiger partial charge in [-0.05, 0) is 53.6 Å². The molecule has 0 radical (unpaired) electrons. The predicted molar refractivity (Wildman–Crippen MR) is 84.4 cm³/mol. The van der Waals surface area contributed by atoms with E-state index in [-0.39, 0.29) is 0 Å². The molecule has 2 aromatic rings. The first-order valence-electron chi connectivity index (χ1n) is 6.52. The Bertz CT molecular complexity index is 558. The molecule has 0 atom stereocenters. The van der Waals surface area contributed by atoms with Crippen molar-refractivity contribution >= 4 is 45.2 Å². The molecule has 0 saturated heterocycles. The second kappa shape index (κ2) is 5.37. The highest BCUT2D eigenvalue weighted by atomic mass is 127. The Morgan fingerprint density at radius 1 is 1.33 bits per heavy atom. The summed E-state index contributed by atoms with van der Waals surface area (Å²) in [5.41, 5.74) is 2.40. The number of hydrogen-bond donors (Lipinski definition) is 0. The van der Waals surface area contributed by atoms with Gasteiger partial charge in [0.25, 0.3) is 0 Å². The number of benzene rings is 1. The number of imidazole rings is 1. The van der Waals surface area contributed by atoms with Gasteiger partial charge in [0.15, 0.2) is 0 Å². The van der Waals surface area contributed by atoms with E-state index in [1.54, 1.807) is 0 Å². The van der Waals surface area contributed by atoms with Crippen LogP contribution in [0.3, 0.4) is 0 Å². The molecule has 0 unspecified atom stereocenters. The molecule has 4 heteroatoms. The van der Waals surface area contributed by atoms with Crippen LogP contribution in [0.2, 0.25) is 0 Å². The van der Waals surface area contributed by atoms with Crippen LogP contribution < -0.4 is 0 Å². The summed E-state index contributed by atoms with van der Waals surface area (Å²) in [5.74, 6) is 1.81. The summed E-state index contributed by atoms with van der Waals surface area (Å²) >= 11 is 8.26. The zero-order valence-electron chi connectivity index (χ0n) is 10.2. The summed E-state index contributed by atoms with van der Waals surface area (Å²) in [6.07, 6.45) is 6.12. The third-order valence-electron chi connectivity index (χ3n) is 3.73. The molecule has 0 aliphatic heterocycles. The fourth-order valence-corrected chi connectivity index (χ4v) is 3.60. The van der Waals surface area contributed by atoms with Crippen LogP contribution in [0, 0.1) is 3.57 Å². The van der Waals surface area contributed by atoms with Crippen LogP contribution in [0.25, 0.3) is 11.0 Å². The number of aromatic nitrogens is 2. The van der Waals surface area contributed by atoms with Crippen molar-refractivity contribution in [1.82, 2.24) is 9.55 Å². The monoisotopic (exact) mass is 374 g/mol. The van der Waals surface area contributed by atoms with Gasteiger partial charge in [0.2, 0.25) is 0 Å². The van der Waals surface area contributed by atoms with Crippen molar-refractivity contribution in [2.24, 2.45) is 0 Å². The molecule has 0 bridgehead atoms. The number of alkyl halides is 1. The number of hydrogen-bond acceptors (Lipinski definition) is 1. The number of rotatable bonds is 3. The van der Waals surface area contributed by atoms with E-state index < -0.39 is 0 Å². The topological polar surface area (TPSA) is 17.8 Å². The van der Waals surface area contributed by atoms with Crippen molar-refractivity contribution < 1.29 is 0 Å². The molecule has 1 saturated carbocycles. The van der Waals surface area contributed by atoms with Crippen molar-refractivity contribution in [2.45, 2.75) is 38.1 Å². The number of fused-ring (bicyclic) bond motifs is 1. The highest BCUT2D eigenvalue weighted by molar-refractivity contribution is 14.1. The fraction of sp³-hybridized carbons (Fsp3) is 0.500. The Morgan fingerprint density at radius 2 is 2.11 bits per heavy atom. The molecule has 18 heavy (non-hydrogen) atoms. The minimum Gasteiger partial charge on any atom is -0.325 e. The summed E-state index contributed by atoms with van der Waals surface area (Å²) in [4.78, 5) is 4.78. The molecule has 2 nitrogen and oxygen atoms in total. The maximum Gasteiger partial charge on any atom is 0.111 e. The van der Waals surface area contributed by atoms with E-state index in [9.17, 15) is 0 Å². The Kier molecular flexibility index (Phi) is 3.80. The van der Waals surface area contributed by atoms with E-state index >= 15 is 0 Å². The minimum atomic E-state index is 0.633. The molecule has 1 aromatic carbocycles. The van der Waals surface area contributed by atoms with Gasteiger partial charge < -0.3 is 4.57 Å². The van der Waals surface area contributed by atoms with E-state index in [4.69, 9.17) is 16.6 Å². The second-order valence-corrected chi connectivity index (χ2v) is 6.53. The van der Waals surface area contributed by atoms with Crippen LogP contribution in [0.4, 0.5) is 0 Å². The lowest BCUT2D eigenvalue weighted by molar-refractivity contribution is 0.513. The maximum atomic E-state index is 5.92. The van der Waals surface area contributed by atoms with Crippen LogP contribution in [0.15, 0.2) is 18.2 Å². The summed E-state index contributed by atoms with van der Waals surface area (Å²) in [6.45, 7) is 0. The average Bonchev–Trinajstić information content (AvgIpc) is 2.95. The van der Waals surface area contributed by atoms with Crippen LogP contribution >= 0.6 is 34.2 Å². The van der Waals surface area contributed by atoms with Crippen molar-refractivity contribution in [3.8, 4) is 0 Å². The van der Waals surface area contributed by atoms with Crippen LogP contribution in [-0.2, 0) is 6.42 Å². The molecule has 0 spiro atoms. The number of aryl methyl sites for hydroxylation is 1. The van der Waals surface area contributed by atoms with E-state index in [0.717, 1.165) is 17.8 Å². The van der Waals surface area contributed by atoms with Crippen LogP contribution in [0.5, 0.6) is 0 Å². The Balaban J connectivity index is 2.14. The maximum absolute atomic E-state index is 5.92. The molecule has 0 N–H and O–H groups in total. The number of nitrogens with zero attached hydrogens (tertiary/aromatic N) is 2. The van der Waals surface area contributed by atoms with Gasteiger partial charge in [0, 0.05) is 21.9 Å². The first-order valence-corrected chi connectivity index (χ1v) is 8.13. The predicted octanol–water partition coefficient (Wildman–Crippen LogP) is 4.54. The second-order valence-electron chi connectivity index (χ2n) is 4.91. The van der Waals surface area contributed by atoms with E-state index in [2.05, 4.69) is 45.4 Å². The molecular weight excluding hydrogens is 359 g/mol. The molecule has 0 amide bonds. The Hall–Kier alpha value is -0.290. The normalized spacial score (nSPS) is 16.8. The molecule has 1 fully saturated rings. The van der Waals surface area contributed by atoms with Crippen molar-refractivity contribution in [1.29, 1.82) is 0 Å². The first-order chi connectivity index (χ1) is 8.79. The van der Waals surface area contributed by atoms with Gasteiger partial charge in [-0.3, -0.25) is 0 Å². The highest BCUT2D eigenvalue weighted by Gasteiger charge is 2.22. The highest BCUT2D eigenvalue weighted by Crippen LogP contribution is 2.34. The van der Waals surface area contributed by atoms with Gasteiger partial charge in [-0.25, -0.2) is 4.98 Å². The van der Waals surface area contributed by atoms with Gasteiger partial charge >= 0.3 is 0 Å². The summed E-state index contributed by atoms with van der Waals surface area (Å²) in [5, 5.41) is 0. The molecule has 3 rings (SSSR count). The minimum absolute atomic E-state index is 0.633. The van der Waals surface area contributed by atoms with E-state index in [0.29, 0.717) is 11.9 Å². The smallest absolute Gasteiger partial charge is 0.111 e. The van der Waals surface area contributed by atoms with Crippen LogP contribution in [-0.4, -0.2) is 15.4 Å². The van der Waals surface area contributed by atoms with Gasteiger partial charge in [-0.1, -0.05) is 12.8 Å². The van der Waals surface area contributed by atoms with Crippen molar-refractivity contribution in [3.05, 3.63) is 27.6 Å². The lowest BCUT2D eigenvalue weighted by atomic mass is 10.2. The average molecular weight is 375 g/mol. The van der Waals surface area contributed by atoms with Crippen molar-refractivity contribution in [2.75, 3.05) is 5.88 Å². The summed E-state index contributed by atoms with van der Waals surface area (Å²) < 4.78 is 3.69. The quantitative estimate of drug-likeness (QED) is 0.570. The third-order valence-corrected chi connectivity index (χ3v) is 4.59. The molecule has 1 heterocycles. The summed E-state index contributed by atoms with van der Waals surface area (Å²) in [6, 6.07) is 7.17. The van der Waals surface area contributed by atoms with Gasteiger partial charge in [-0.15, -0.1) is 11.6 Å². The molecule has 1 aromatic heterocycles. The third kappa shape index (κ3) is 2.27. The summed E-state index contributed by atoms with van der Waals surface area (Å²) in [7, 11) is 0. The zero-order valence-corrected chi connectivity index (χ0v) is 13.1. The zero-order chi connectivity index (χ0) is 12.5. The lowest BCUT2D eigenvalue weighted by Crippen LogP contribution is -2.09. The first kappa shape index (κ1) is 12.7. The van der Waals surface area contributed by atoms with Gasteiger partial charge in [0.1, 0.15) is 5.82 Å². The largest absolute Gasteiger partial charge is 0.325 e. The van der Waals surface area contributed by atoms with Crippen LogP contribution in [0.1, 0.15) is 37.5 Å². The molecule has 96 valence electrons. The molecule has 1 aliphatic carbocycles. The van der Waals surface area contributed by atoms with Gasteiger partial charge in [0.05, 0.1) is 11.0 Å². The number of halogens is 2. The van der Waals surface area contributed by atoms with Gasteiger partial charge in [-0.2, -0.15) is 0 Å². The Labute approximate surface area is 126 Å².